The first-order chi connectivity index (χ1) is 7.82. The Labute approximate surface area is 102 Å². The summed E-state index contributed by atoms with van der Waals surface area (Å²) in [6.45, 7) is 1.94. The van der Waals surface area contributed by atoms with Gasteiger partial charge in [-0.3, -0.25) is 0 Å². The summed E-state index contributed by atoms with van der Waals surface area (Å²) < 4.78 is 37.4. The number of nitrogens with zero attached hydrogens (tertiary/aromatic N) is 1. The number of halogens is 4. The third-order valence-electron chi connectivity index (χ3n) is 2.06. The highest BCUT2D eigenvalue weighted by molar-refractivity contribution is 6.30. The topological polar surface area (TPSA) is 35.8 Å². The molecule has 0 saturated carbocycles. The lowest BCUT2D eigenvalue weighted by molar-refractivity contribution is -0.137. The molecule has 1 N–H and O–H groups in total. The van der Waals surface area contributed by atoms with E-state index in [1.807, 2.05) is 6.07 Å². The minimum absolute atomic E-state index is 0.00642. The van der Waals surface area contributed by atoms with E-state index in [0.29, 0.717) is 0 Å². The van der Waals surface area contributed by atoms with Crippen LogP contribution in [-0.2, 0) is 6.18 Å². The lowest BCUT2D eigenvalue weighted by atomic mass is 10.1. The SMILES string of the molecule is CC(C#N)CNc1cc(Cl)cc(C(F)(F)F)c1. The zero-order valence-corrected chi connectivity index (χ0v) is 9.73. The van der Waals surface area contributed by atoms with E-state index in [-0.39, 0.29) is 23.2 Å². The lowest BCUT2D eigenvalue weighted by Gasteiger charge is -2.12. The van der Waals surface area contributed by atoms with Gasteiger partial charge in [0, 0.05) is 17.3 Å². The Hall–Kier alpha value is -1.41. The van der Waals surface area contributed by atoms with Crippen LogP contribution in [0.1, 0.15) is 12.5 Å². The van der Waals surface area contributed by atoms with E-state index in [9.17, 15) is 13.2 Å². The molecule has 0 aliphatic heterocycles. The molecule has 0 radical (unpaired) electrons. The van der Waals surface area contributed by atoms with Crippen molar-refractivity contribution in [2.24, 2.45) is 5.92 Å². The van der Waals surface area contributed by atoms with Gasteiger partial charge in [-0.05, 0) is 25.1 Å². The Balaban J connectivity index is 2.88. The number of nitriles is 1. The summed E-state index contributed by atoms with van der Waals surface area (Å²) in [5.41, 5.74) is -0.552. The molecular weight excluding hydrogens is 253 g/mol. The van der Waals surface area contributed by atoms with Crippen LogP contribution in [0.2, 0.25) is 5.02 Å². The second-order valence-electron chi connectivity index (χ2n) is 3.64. The van der Waals surface area contributed by atoms with E-state index in [2.05, 4.69) is 5.32 Å². The Morgan fingerprint density at radius 1 is 1.41 bits per heavy atom. The van der Waals surface area contributed by atoms with Gasteiger partial charge in [0.25, 0.3) is 0 Å². The normalized spacial score (nSPS) is 12.9. The number of hydrogen-bond acceptors (Lipinski definition) is 2. The number of nitrogens with one attached hydrogen (secondary N) is 1. The summed E-state index contributed by atoms with van der Waals surface area (Å²) in [4.78, 5) is 0. The van der Waals surface area contributed by atoms with Crippen LogP contribution >= 0.6 is 11.6 Å². The van der Waals surface area contributed by atoms with Gasteiger partial charge in [0.2, 0.25) is 0 Å². The molecule has 1 aromatic rings. The molecule has 0 saturated heterocycles. The summed E-state index contributed by atoms with van der Waals surface area (Å²) in [7, 11) is 0. The van der Waals surface area contributed by atoms with Crippen molar-refractivity contribution in [3.8, 4) is 6.07 Å². The van der Waals surface area contributed by atoms with Gasteiger partial charge in [-0.2, -0.15) is 18.4 Å². The van der Waals surface area contributed by atoms with Crippen molar-refractivity contribution in [2.75, 3.05) is 11.9 Å². The highest BCUT2D eigenvalue weighted by atomic mass is 35.5. The van der Waals surface area contributed by atoms with Crippen molar-refractivity contribution in [3.63, 3.8) is 0 Å². The van der Waals surface area contributed by atoms with Crippen molar-refractivity contribution in [1.82, 2.24) is 0 Å². The van der Waals surface area contributed by atoms with Gasteiger partial charge < -0.3 is 5.32 Å². The van der Waals surface area contributed by atoms with E-state index in [0.717, 1.165) is 12.1 Å². The predicted molar refractivity (Wildman–Crippen MR) is 59.7 cm³/mol. The number of anilines is 1. The van der Waals surface area contributed by atoms with Crippen LogP contribution in [0.25, 0.3) is 0 Å². The Kier molecular flexibility index (Phi) is 4.24. The number of rotatable bonds is 3. The molecule has 0 amide bonds. The highest BCUT2D eigenvalue weighted by Gasteiger charge is 2.31. The molecule has 0 aliphatic rings. The van der Waals surface area contributed by atoms with Gasteiger partial charge in [0.1, 0.15) is 0 Å². The van der Waals surface area contributed by atoms with Crippen LogP contribution in [0.15, 0.2) is 18.2 Å². The summed E-state index contributed by atoms with van der Waals surface area (Å²) >= 11 is 5.60. The fraction of sp³-hybridized carbons (Fsp3) is 0.364. The van der Waals surface area contributed by atoms with Gasteiger partial charge in [-0.25, -0.2) is 0 Å². The molecule has 0 spiro atoms. The molecule has 2 nitrogen and oxygen atoms in total. The first kappa shape index (κ1) is 13.7. The largest absolute Gasteiger partial charge is 0.416 e. The second kappa shape index (κ2) is 5.28. The Morgan fingerprint density at radius 3 is 2.59 bits per heavy atom. The lowest BCUT2D eigenvalue weighted by Crippen LogP contribution is -2.11. The summed E-state index contributed by atoms with van der Waals surface area (Å²) in [6, 6.07) is 5.20. The molecule has 0 aliphatic carbocycles. The molecule has 6 heteroatoms. The average molecular weight is 263 g/mol. The van der Waals surface area contributed by atoms with Crippen molar-refractivity contribution >= 4 is 17.3 Å². The van der Waals surface area contributed by atoms with E-state index >= 15 is 0 Å². The molecule has 92 valence electrons. The molecular formula is C11H10ClF3N2. The van der Waals surface area contributed by atoms with Crippen molar-refractivity contribution in [2.45, 2.75) is 13.1 Å². The first-order valence-corrected chi connectivity index (χ1v) is 5.22. The third-order valence-corrected chi connectivity index (χ3v) is 2.28. The van der Waals surface area contributed by atoms with Gasteiger partial charge in [-0.1, -0.05) is 11.6 Å². The average Bonchev–Trinajstić information content (AvgIpc) is 2.24. The van der Waals surface area contributed by atoms with Gasteiger partial charge >= 0.3 is 6.18 Å². The molecule has 17 heavy (non-hydrogen) atoms. The summed E-state index contributed by atoms with van der Waals surface area (Å²) in [6.07, 6.45) is -4.43. The molecule has 1 rings (SSSR count). The quantitative estimate of drug-likeness (QED) is 0.896. The molecule has 0 heterocycles. The second-order valence-corrected chi connectivity index (χ2v) is 4.07. The zero-order valence-electron chi connectivity index (χ0n) is 8.98. The third kappa shape index (κ3) is 4.16. The van der Waals surface area contributed by atoms with Gasteiger partial charge in [-0.15, -0.1) is 0 Å². The molecule has 1 unspecified atom stereocenters. The molecule has 0 bridgehead atoms. The summed E-state index contributed by atoms with van der Waals surface area (Å²) in [5, 5.41) is 11.3. The van der Waals surface area contributed by atoms with Crippen molar-refractivity contribution in [1.29, 1.82) is 5.26 Å². The Morgan fingerprint density at radius 2 is 2.06 bits per heavy atom. The van der Waals surface area contributed by atoms with E-state index in [1.54, 1.807) is 6.92 Å². The Bertz CT molecular complexity index is 437. The van der Waals surface area contributed by atoms with Gasteiger partial charge in [0.05, 0.1) is 17.6 Å². The minimum atomic E-state index is -4.43. The molecule has 1 aromatic carbocycles. The maximum atomic E-state index is 12.5. The molecule has 0 aromatic heterocycles. The number of alkyl halides is 3. The van der Waals surface area contributed by atoms with E-state index in [1.165, 1.54) is 6.07 Å². The standard InChI is InChI=1S/C11H10ClF3N2/c1-7(5-16)6-17-10-3-8(11(13,14)15)2-9(12)4-10/h2-4,7,17H,6H2,1H3. The van der Waals surface area contributed by atoms with Gasteiger partial charge in [0.15, 0.2) is 0 Å². The van der Waals surface area contributed by atoms with Crippen LogP contribution in [0.3, 0.4) is 0 Å². The van der Waals surface area contributed by atoms with Crippen LogP contribution in [0.5, 0.6) is 0 Å². The summed E-state index contributed by atoms with van der Waals surface area (Å²) in [5.74, 6) is -0.289. The van der Waals surface area contributed by atoms with Crippen molar-refractivity contribution < 1.29 is 13.2 Å². The van der Waals surface area contributed by atoms with Crippen molar-refractivity contribution in [3.05, 3.63) is 28.8 Å². The number of hydrogen-bond donors (Lipinski definition) is 1. The van der Waals surface area contributed by atoms with Crippen LogP contribution in [0, 0.1) is 17.2 Å². The maximum absolute atomic E-state index is 12.5. The monoisotopic (exact) mass is 262 g/mol. The molecule has 1 atom stereocenters. The zero-order chi connectivity index (χ0) is 13.1. The fourth-order valence-corrected chi connectivity index (χ4v) is 1.41. The van der Waals surface area contributed by atoms with E-state index < -0.39 is 11.7 Å². The highest BCUT2D eigenvalue weighted by Crippen LogP contribution is 2.33. The smallest absolute Gasteiger partial charge is 0.384 e. The maximum Gasteiger partial charge on any atom is 0.416 e. The molecule has 0 fully saturated rings. The first-order valence-electron chi connectivity index (χ1n) is 4.84. The van der Waals surface area contributed by atoms with Crippen LogP contribution in [-0.4, -0.2) is 6.54 Å². The predicted octanol–water partition coefficient (Wildman–Crippen LogP) is 3.93. The van der Waals surface area contributed by atoms with Crippen LogP contribution < -0.4 is 5.32 Å². The van der Waals surface area contributed by atoms with E-state index in [4.69, 9.17) is 16.9 Å². The number of benzene rings is 1. The fourth-order valence-electron chi connectivity index (χ4n) is 1.17. The minimum Gasteiger partial charge on any atom is -0.384 e. The van der Waals surface area contributed by atoms with Crippen LogP contribution in [0.4, 0.5) is 18.9 Å².